The third-order valence-electron chi connectivity index (χ3n) is 3.47. The van der Waals surface area contributed by atoms with Gasteiger partial charge in [-0.3, -0.25) is 4.79 Å². The molecule has 1 unspecified atom stereocenters. The molecule has 126 valence electrons. The predicted molar refractivity (Wildman–Crippen MR) is 95.7 cm³/mol. The number of rotatable bonds is 5. The van der Waals surface area contributed by atoms with Crippen molar-refractivity contribution in [2.24, 2.45) is 0 Å². The molecule has 0 aliphatic carbocycles. The molecule has 5 nitrogen and oxygen atoms in total. The zero-order valence-corrected chi connectivity index (χ0v) is 15.2. The number of ether oxygens (including phenoxy) is 1. The van der Waals surface area contributed by atoms with Crippen molar-refractivity contribution < 1.29 is 19.4 Å². The van der Waals surface area contributed by atoms with E-state index in [-0.39, 0.29) is 11.5 Å². The molecule has 24 heavy (non-hydrogen) atoms. The van der Waals surface area contributed by atoms with E-state index in [1.165, 1.54) is 12.1 Å². The standard InChI is InChI=1S/C18H18BrNO4/c1-10-7-14(19)8-11(2)16(10)24-12(3)17(21)20-15-6-4-5-13(9-15)18(22)23/h4-9,12H,1-3H3,(H,20,21)(H,22,23). The number of carboxylic acids is 1. The Kier molecular flexibility index (Phi) is 5.62. The number of carbonyl (C=O) groups is 2. The Morgan fingerprint density at radius 2 is 1.79 bits per heavy atom. The van der Waals surface area contributed by atoms with E-state index >= 15 is 0 Å². The summed E-state index contributed by atoms with van der Waals surface area (Å²) in [5.41, 5.74) is 2.38. The quantitative estimate of drug-likeness (QED) is 0.801. The highest BCUT2D eigenvalue weighted by molar-refractivity contribution is 9.10. The number of aromatic carboxylic acids is 1. The first-order valence-corrected chi connectivity index (χ1v) is 8.15. The van der Waals surface area contributed by atoms with Crippen LogP contribution in [0.25, 0.3) is 0 Å². The third kappa shape index (κ3) is 4.35. The van der Waals surface area contributed by atoms with Crippen LogP contribution in [-0.4, -0.2) is 23.1 Å². The average Bonchev–Trinajstić information content (AvgIpc) is 2.50. The Balaban J connectivity index is 2.10. The average molecular weight is 392 g/mol. The number of benzene rings is 2. The fraction of sp³-hybridized carbons (Fsp3) is 0.222. The van der Waals surface area contributed by atoms with E-state index in [9.17, 15) is 9.59 Å². The second-order valence-corrected chi connectivity index (χ2v) is 6.42. The molecule has 0 aromatic heterocycles. The van der Waals surface area contributed by atoms with E-state index in [2.05, 4.69) is 21.2 Å². The number of carboxylic acid groups (broad SMARTS) is 1. The molecule has 0 heterocycles. The Bertz CT molecular complexity index is 765. The molecule has 2 N–H and O–H groups in total. The highest BCUT2D eigenvalue weighted by Gasteiger charge is 2.18. The molecule has 0 aliphatic heterocycles. The van der Waals surface area contributed by atoms with Gasteiger partial charge in [-0.1, -0.05) is 22.0 Å². The van der Waals surface area contributed by atoms with Crippen LogP contribution < -0.4 is 10.1 Å². The maximum atomic E-state index is 12.3. The molecular weight excluding hydrogens is 374 g/mol. The minimum absolute atomic E-state index is 0.112. The number of carbonyl (C=O) groups excluding carboxylic acids is 1. The van der Waals surface area contributed by atoms with Crippen LogP contribution in [0.4, 0.5) is 5.69 Å². The van der Waals surface area contributed by atoms with E-state index in [0.29, 0.717) is 11.4 Å². The molecule has 2 rings (SSSR count). The zero-order valence-electron chi connectivity index (χ0n) is 13.6. The van der Waals surface area contributed by atoms with Crippen LogP contribution in [0.1, 0.15) is 28.4 Å². The molecule has 0 saturated carbocycles. The topological polar surface area (TPSA) is 75.6 Å². The van der Waals surface area contributed by atoms with Gasteiger partial charge in [0.25, 0.3) is 5.91 Å². The van der Waals surface area contributed by atoms with Crippen LogP contribution >= 0.6 is 15.9 Å². The lowest BCUT2D eigenvalue weighted by atomic mass is 10.1. The van der Waals surface area contributed by atoms with Crippen molar-refractivity contribution in [3.05, 3.63) is 57.6 Å². The molecule has 0 fully saturated rings. The molecule has 1 amide bonds. The highest BCUT2D eigenvalue weighted by Crippen LogP contribution is 2.28. The Morgan fingerprint density at radius 3 is 2.38 bits per heavy atom. The molecule has 6 heteroatoms. The monoisotopic (exact) mass is 391 g/mol. The summed E-state index contributed by atoms with van der Waals surface area (Å²) in [5, 5.41) is 11.7. The van der Waals surface area contributed by atoms with Gasteiger partial charge in [-0.2, -0.15) is 0 Å². The van der Waals surface area contributed by atoms with Gasteiger partial charge in [0.15, 0.2) is 6.10 Å². The van der Waals surface area contributed by atoms with Crippen LogP contribution in [0.3, 0.4) is 0 Å². The van der Waals surface area contributed by atoms with Gasteiger partial charge in [0.05, 0.1) is 5.56 Å². The van der Waals surface area contributed by atoms with Gasteiger partial charge in [-0.05, 0) is 62.2 Å². The van der Waals surface area contributed by atoms with Gasteiger partial charge < -0.3 is 15.2 Å². The van der Waals surface area contributed by atoms with Gasteiger partial charge in [0.1, 0.15) is 5.75 Å². The minimum atomic E-state index is -1.04. The summed E-state index contributed by atoms with van der Waals surface area (Å²) in [4.78, 5) is 23.3. The molecule has 2 aromatic carbocycles. The van der Waals surface area contributed by atoms with Crippen molar-refractivity contribution in [2.45, 2.75) is 26.9 Å². The minimum Gasteiger partial charge on any atom is -0.480 e. The fourth-order valence-electron chi connectivity index (χ4n) is 2.29. The molecule has 0 bridgehead atoms. The predicted octanol–water partition coefficient (Wildman–Crippen LogP) is 4.17. The van der Waals surface area contributed by atoms with E-state index in [0.717, 1.165) is 15.6 Å². The first kappa shape index (κ1) is 18.0. The summed E-state index contributed by atoms with van der Waals surface area (Å²) >= 11 is 3.42. The van der Waals surface area contributed by atoms with Crippen molar-refractivity contribution in [1.82, 2.24) is 0 Å². The van der Waals surface area contributed by atoms with Crippen LogP contribution in [0, 0.1) is 13.8 Å². The maximum Gasteiger partial charge on any atom is 0.335 e. The molecule has 0 spiro atoms. The van der Waals surface area contributed by atoms with Crippen molar-refractivity contribution in [2.75, 3.05) is 5.32 Å². The molecule has 2 aromatic rings. The van der Waals surface area contributed by atoms with Crippen molar-refractivity contribution >= 4 is 33.5 Å². The SMILES string of the molecule is Cc1cc(Br)cc(C)c1OC(C)C(=O)Nc1cccc(C(=O)O)c1. The van der Waals surface area contributed by atoms with Crippen molar-refractivity contribution in [3.63, 3.8) is 0 Å². The number of aryl methyl sites for hydroxylation is 2. The lowest BCUT2D eigenvalue weighted by molar-refractivity contribution is -0.122. The van der Waals surface area contributed by atoms with Gasteiger partial charge in [0, 0.05) is 10.2 Å². The smallest absolute Gasteiger partial charge is 0.335 e. The number of hydrogen-bond acceptors (Lipinski definition) is 3. The highest BCUT2D eigenvalue weighted by atomic mass is 79.9. The van der Waals surface area contributed by atoms with E-state index < -0.39 is 12.1 Å². The lowest BCUT2D eigenvalue weighted by Gasteiger charge is -2.18. The number of anilines is 1. The third-order valence-corrected chi connectivity index (χ3v) is 3.92. The molecular formula is C18H18BrNO4. The lowest BCUT2D eigenvalue weighted by Crippen LogP contribution is -2.30. The number of hydrogen-bond donors (Lipinski definition) is 2. The zero-order chi connectivity index (χ0) is 17.9. The van der Waals surface area contributed by atoms with Crippen LogP contribution in [0.5, 0.6) is 5.75 Å². The second kappa shape index (κ2) is 7.49. The van der Waals surface area contributed by atoms with E-state index in [4.69, 9.17) is 9.84 Å². The summed E-state index contributed by atoms with van der Waals surface area (Å²) in [6.45, 7) is 5.47. The molecule has 0 saturated heterocycles. The van der Waals surface area contributed by atoms with Crippen LogP contribution in [0.15, 0.2) is 40.9 Å². The normalized spacial score (nSPS) is 11.7. The van der Waals surface area contributed by atoms with Gasteiger partial charge in [0.2, 0.25) is 0 Å². The van der Waals surface area contributed by atoms with E-state index in [1.807, 2.05) is 26.0 Å². The Morgan fingerprint density at radius 1 is 1.17 bits per heavy atom. The molecule has 1 atom stereocenters. The summed E-state index contributed by atoms with van der Waals surface area (Å²) in [6.07, 6.45) is -0.725. The molecule has 0 aliphatic rings. The van der Waals surface area contributed by atoms with Gasteiger partial charge >= 0.3 is 5.97 Å². The number of nitrogens with one attached hydrogen (secondary N) is 1. The van der Waals surface area contributed by atoms with Crippen LogP contribution in [-0.2, 0) is 4.79 Å². The summed E-state index contributed by atoms with van der Waals surface area (Å²) in [5.74, 6) is -0.726. The van der Waals surface area contributed by atoms with Crippen LogP contribution in [0.2, 0.25) is 0 Å². The summed E-state index contributed by atoms with van der Waals surface area (Å²) in [6, 6.07) is 9.92. The maximum absolute atomic E-state index is 12.3. The fourth-order valence-corrected chi connectivity index (χ4v) is 2.97. The van der Waals surface area contributed by atoms with Gasteiger partial charge in [-0.25, -0.2) is 4.79 Å². The van der Waals surface area contributed by atoms with Crippen molar-refractivity contribution in [1.29, 1.82) is 0 Å². The largest absolute Gasteiger partial charge is 0.480 e. The first-order chi connectivity index (χ1) is 11.3. The van der Waals surface area contributed by atoms with Gasteiger partial charge in [-0.15, -0.1) is 0 Å². The summed E-state index contributed by atoms with van der Waals surface area (Å²) < 4.78 is 6.74. The Labute approximate surface area is 148 Å². The Hall–Kier alpha value is -2.34. The second-order valence-electron chi connectivity index (χ2n) is 5.50. The van der Waals surface area contributed by atoms with Crippen molar-refractivity contribution in [3.8, 4) is 5.75 Å². The first-order valence-electron chi connectivity index (χ1n) is 7.35. The summed E-state index contributed by atoms with van der Waals surface area (Å²) in [7, 11) is 0. The molecule has 0 radical (unpaired) electrons. The number of amides is 1. The van der Waals surface area contributed by atoms with E-state index in [1.54, 1.807) is 19.1 Å². The number of halogens is 1.